The highest BCUT2D eigenvalue weighted by atomic mass is 16.5. The molecule has 1 atom stereocenters. The van der Waals surface area contributed by atoms with Crippen molar-refractivity contribution in [3.8, 4) is 5.88 Å². The van der Waals surface area contributed by atoms with Gasteiger partial charge in [-0.25, -0.2) is 4.98 Å². The molecule has 0 saturated carbocycles. The van der Waals surface area contributed by atoms with Gasteiger partial charge >= 0.3 is 0 Å². The van der Waals surface area contributed by atoms with Gasteiger partial charge in [-0.15, -0.1) is 0 Å². The van der Waals surface area contributed by atoms with Gasteiger partial charge in [-0.2, -0.15) is 0 Å². The first-order valence-electron chi connectivity index (χ1n) is 6.44. The number of nitrogens with one attached hydrogen (secondary N) is 1. The number of methoxy groups -OCH3 is 1. The summed E-state index contributed by atoms with van der Waals surface area (Å²) in [5.74, 6) is 0.625. The lowest BCUT2D eigenvalue weighted by atomic mass is 10.00. The summed E-state index contributed by atoms with van der Waals surface area (Å²) in [4.78, 5) is 4.20. The molecular formula is C16H20N2O. The summed E-state index contributed by atoms with van der Waals surface area (Å²) in [7, 11) is 1.64. The molecule has 0 aliphatic carbocycles. The number of benzene rings is 1. The summed E-state index contributed by atoms with van der Waals surface area (Å²) in [6.07, 6.45) is 1.73. The van der Waals surface area contributed by atoms with Gasteiger partial charge in [0.2, 0.25) is 5.88 Å². The van der Waals surface area contributed by atoms with Crippen LogP contribution in [0, 0.1) is 13.8 Å². The lowest BCUT2D eigenvalue weighted by molar-refractivity contribution is 0.399. The first kappa shape index (κ1) is 13.4. The number of anilines is 1. The van der Waals surface area contributed by atoms with Crippen molar-refractivity contribution in [1.29, 1.82) is 0 Å². The average molecular weight is 256 g/mol. The average Bonchev–Trinajstić information content (AvgIpc) is 2.42. The van der Waals surface area contributed by atoms with Gasteiger partial charge in [-0.1, -0.05) is 23.8 Å². The molecule has 0 fully saturated rings. The number of aromatic nitrogens is 1. The van der Waals surface area contributed by atoms with Crippen molar-refractivity contribution in [3.63, 3.8) is 0 Å². The first-order valence-corrected chi connectivity index (χ1v) is 6.44. The summed E-state index contributed by atoms with van der Waals surface area (Å²) in [5, 5.41) is 3.46. The second-order valence-corrected chi connectivity index (χ2v) is 4.79. The molecule has 19 heavy (non-hydrogen) atoms. The molecule has 2 rings (SSSR count). The Morgan fingerprint density at radius 3 is 2.74 bits per heavy atom. The lowest BCUT2D eigenvalue weighted by Crippen LogP contribution is -2.09. The van der Waals surface area contributed by atoms with Crippen molar-refractivity contribution in [2.45, 2.75) is 26.8 Å². The molecule has 0 aliphatic heterocycles. The molecule has 3 heteroatoms. The fraction of sp³-hybridized carbons (Fsp3) is 0.312. The zero-order valence-electron chi connectivity index (χ0n) is 11.9. The smallest absolute Gasteiger partial charge is 0.237 e. The molecule has 3 nitrogen and oxygen atoms in total. The Morgan fingerprint density at radius 1 is 1.21 bits per heavy atom. The molecule has 2 aromatic rings. The van der Waals surface area contributed by atoms with Crippen LogP contribution in [0.15, 0.2) is 36.5 Å². The van der Waals surface area contributed by atoms with Crippen molar-refractivity contribution in [3.05, 3.63) is 53.2 Å². The summed E-state index contributed by atoms with van der Waals surface area (Å²) < 4.78 is 5.26. The Balaban J connectivity index is 2.25. The molecule has 0 amide bonds. The van der Waals surface area contributed by atoms with E-state index in [-0.39, 0.29) is 6.04 Å². The molecule has 100 valence electrons. The van der Waals surface area contributed by atoms with Crippen LogP contribution in [-0.4, -0.2) is 12.1 Å². The van der Waals surface area contributed by atoms with Crippen LogP contribution < -0.4 is 10.1 Å². The van der Waals surface area contributed by atoms with Gasteiger partial charge in [0, 0.05) is 12.2 Å². The standard InChI is InChI=1S/C16H20N2O/c1-11-7-8-12(2)14(10-11)13(3)18-15-6-5-9-17-16(15)19-4/h5-10,13,18H,1-4H3. The molecule has 0 radical (unpaired) electrons. The third-order valence-corrected chi connectivity index (χ3v) is 3.24. The van der Waals surface area contributed by atoms with Gasteiger partial charge in [0.15, 0.2) is 0 Å². The van der Waals surface area contributed by atoms with E-state index >= 15 is 0 Å². The van der Waals surface area contributed by atoms with Crippen LogP contribution in [-0.2, 0) is 0 Å². The molecule has 1 unspecified atom stereocenters. The molecule has 0 aliphatic rings. The molecule has 1 N–H and O–H groups in total. The van der Waals surface area contributed by atoms with Crippen LogP contribution in [0.4, 0.5) is 5.69 Å². The molecule has 1 aromatic carbocycles. The molecule has 0 bridgehead atoms. The quantitative estimate of drug-likeness (QED) is 0.901. The second-order valence-electron chi connectivity index (χ2n) is 4.79. The topological polar surface area (TPSA) is 34.1 Å². The van der Waals surface area contributed by atoms with Crippen LogP contribution >= 0.6 is 0 Å². The first-order chi connectivity index (χ1) is 9.11. The Labute approximate surface area is 114 Å². The van der Waals surface area contributed by atoms with E-state index in [0.717, 1.165) is 5.69 Å². The zero-order chi connectivity index (χ0) is 13.8. The third kappa shape index (κ3) is 3.05. The van der Waals surface area contributed by atoms with Crippen LogP contribution in [0.5, 0.6) is 5.88 Å². The maximum absolute atomic E-state index is 5.26. The van der Waals surface area contributed by atoms with Gasteiger partial charge in [0.25, 0.3) is 0 Å². The molecule has 0 spiro atoms. The number of ether oxygens (including phenoxy) is 1. The summed E-state index contributed by atoms with van der Waals surface area (Å²) in [6.45, 7) is 6.39. The van der Waals surface area contributed by atoms with Gasteiger partial charge in [-0.3, -0.25) is 0 Å². The maximum Gasteiger partial charge on any atom is 0.237 e. The van der Waals surface area contributed by atoms with E-state index in [1.807, 2.05) is 12.1 Å². The van der Waals surface area contributed by atoms with E-state index in [1.165, 1.54) is 16.7 Å². The van der Waals surface area contributed by atoms with Crippen molar-refractivity contribution >= 4 is 5.69 Å². The lowest BCUT2D eigenvalue weighted by Gasteiger charge is -2.19. The van der Waals surface area contributed by atoms with E-state index in [4.69, 9.17) is 4.74 Å². The number of rotatable bonds is 4. The van der Waals surface area contributed by atoms with Crippen LogP contribution in [0.2, 0.25) is 0 Å². The second kappa shape index (κ2) is 5.74. The third-order valence-electron chi connectivity index (χ3n) is 3.24. The van der Waals surface area contributed by atoms with E-state index in [1.54, 1.807) is 13.3 Å². The van der Waals surface area contributed by atoms with Crippen LogP contribution in [0.3, 0.4) is 0 Å². The van der Waals surface area contributed by atoms with E-state index in [2.05, 4.69) is 49.3 Å². The maximum atomic E-state index is 5.26. The summed E-state index contributed by atoms with van der Waals surface area (Å²) >= 11 is 0. The molecule has 1 aromatic heterocycles. The normalized spacial score (nSPS) is 12.0. The predicted molar refractivity (Wildman–Crippen MR) is 78.7 cm³/mol. The Morgan fingerprint density at radius 2 is 2.00 bits per heavy atom. The highest BCUT2D eigenvalue weighted by molar-refractivity contribution is 5.54. The number of hydrogen-bond donors (Lipinski definition) is 1. The van der Waals surface area contributed by atoms with Crippen LogP contribution in [0.25, 0.3) is 0 Å². The van der Waals surface area contributed by atoms with Crippen molar-refractivity contribution in [2.75, 3.05) is 12.4 Å². The van der Waals surface area contributed by atoms with E-state index in [9.17, 15) is 0 Å². The Kier molecular flexibility index (Phi) is 4.05. The fourth-order valence-corrected chi connectivity index (χ4v) is 2.20. The van der Waals surface area contributed by atoms with Gasteiger partial charge in [0.05, 0.1) is 12.8 Å². The van der Waals surface area contributed by atoms with Crippen LogP contribution in [0.1, 0.15) is 29.7 Å². The Hall–Kier alpha value is -2.03. The minimum atomic E-state index is 0.206. The van der Waals surface area contributed by atoms with Gasteiger partial charge < -0.3 is 10.1 Å². The van der Waals surface area contributed by atoms with Crippen molar-refractivity contribution in [1.82, 2.24) is 4.98 Å². The molecular weight excluding hydrogens is 236 g/mol. The highest BCUT2D eigenvalue weighted by Gasteiger charge is 2.11. The van der Waals surface area contributed by atoms with Gasteiger partial charge in [-0.05, 0) is 44.0 Å². The minimum absolute atomic E-state index is 0.206. The minimum Gasteiger partial charge on any atom is -0.480 e. The van der Waals surface area contributed by atoms with E-state index < -0.39 is 0 Å². The summed E-state index contributed by atoms with van der Waals surface area (Å²) in [5.41, 5.74) is 4.77. The largest absolute Gasteiger partial charge is 0.480 e. The number of nitrogens with zero attached hydrogens (tertiary/aromatic N) is 1. The Bertz CT molecular complexity index is 566. The number of hydrogen-bond acceptors (Lipinski definition) is 3. The molecule has 0 saturated heterocycles. The number of pyridine rings is 1. The van der Waals surface area contributed by atoms with Gasteiger partial charge in [0.1, 0.15) is 0 Å². The zero-order valence-corrected chi connectivity index (χ0v) is 11.9. The predicted octanol–water partition coefficient (Wildman–Crippen LogP) is 3.88. The van der Waals surface area contributed by atoms with E-state index in [0.29, 0.717) is 5.88 Å². The monoisotopic (exact) mass is 256 g/mol. The van der Waals surface area contributed by atoms with Crippen molar-refractivity contribution < 1.29 is 4.74 Å². The molecule has 1 heterocycles. The SMILES string of the molecule is COc1ncccc1NC(C)c1cc(C)ccc1C. The van der Waals surface area contributed by atoms with Crippen molar-refractivity contribution in [2.24, 2.45) is 0 Å². The summed E-state index contributed by atoms with van der Waals surface area (Å²) in [6, 6.07) is 10.6. The number of aryl methyl sites for hydroxylation is 2. The fourth-order valence-electron chi connectivity index (χ4n) is 2.20. The highest BCUT2D eigenvalue weighted by Crippen LogP contribution is 2.27.